The van der Waals surface area contributed by atoms with Crippen LogP contribution in [0.5, 0.6) is 0 Å². The van der Waals surface area contributed by atoms with E-state index in [1.54, 1.807) is 0 Å². The van der Waals surface area contributed by atoms with Gasteiger partial charge in [-0.05, 0) is 85.8 Å². The summed E-state index contributed by atoms with van der Waals surface area (Å²) in [6, 6.07) is 74.0. The zero-order valence-corrected chi connectivity index (χ0v) is 34.4. The van der Waals surface area contributed by atoms with Crippen LogP contribution in [0.4, 0.5) is 0 Å². The lowest BCUT2D eigenvalue weighted by molar-refractivity contribution is 0.669. The minimum Gasteiger partial charge on any atom is -0.456 e. The Morgan fingerprint density at radius 3 is 1.66 bits per heavy atom. The molecule has 0 N–H and O–H groups in total. The third-order valence-electron chi connectivity index (χ3n) is 12.5. The summed E-state index contributed by atoms with van der Waals surface area (Å²) in [5, 5.41) is 8.68. The van der Waals surface area contributed by atoms with Gasteiger partial charge in [-0.1, -0.05) is 176 Å². The van der Waals surface area contributed by atoms with Crippen molar-refractivity contribution < 1.29 is 8.83 Å². The predicted molar refractivity (Wildman–Crippen MR) is 262 cm³/mol. The van der Waals surface area contributed by atoms with E-state index >= 15 is 0 Å². The van der Waals surface area contributed by atoms with Crippen LogP contribution in [0.1, 0.15) is 0 Å². The summed E-state index contributed by atoms with van der Waals surface area (Å²) in [6.07, 6.45) is 0. The highest BCUT2D eigenvalue weighted by Crippen LogP contribution is 2.42. The first-order valence-electron chi connectivity index (χ1n) is 21.5. The molecule has 0 aliphatic heterocycles. The van der Waals surface area contributed by atoms with Crippen LogP contribution in [0.3, 0.4) is 0 Å². The molecule has 13 rings (SSSR count). The van der Waals surface area contributed by atoms with Gasteiger partial charge in [-0.2, -0.15) is 0 Å². The molecular weight excluding hydrogens is 783 g/mol. The van der Waals surface area contributed by atoms with E-state index in [0.717, 1.165) is 115 Å². The van der Waals surface area contributed by atoms with Crippen LogP contribution >= 0.6 is 0 Å². The summed E-state index contributed by atoms with van der Waals surface area (Å²) in [7, 11) is 0. The SMILES string of the molecule is c1ccc(-c2ccc(-c3nc(-c4cccc5ccccc45)nc(-c4cccc5c4oc4c(-c6ccc7cc8oc9ccccc9c8cc7c6)cccc45)n3)cc2-c2ccccc2)cc1. The van der Waals surface area contributed by atoms with Gasteiger partial charge in [0.15, 0.2) is 17.5 Å². The van der Waals surface area contributed by atoms with Crippen molar-refractivity contribution >= 4 is 65.4 Å². The Hall–Kier alpha value is -8.67. The average Bonchev–Trinajstić information content (AvgIpc) is 3.93. The molecule has 0 bridgehead atoms. The lowest BCUT2D eigenvalue weighted by atomic mass is 9.92. The van der Waals surface area contributed by atoms with Gasteiger partial charge in [-0.3, -0.25) is 0 Å². The van der Waals surface area contributed by atoms with Crippen LogP contribution in [0.2, 0.25) is 0 Å². The lowest BCUT2D eigenvalue weighted by Gasteiger charge is -2.14. The summed E-state index contributed by atoms with van der Waals surface area (Å²) >= 11 is 0. The van der Waals surface area contributed by atoms with E-state index in [1.165, 1.54) is 0 Å². The maximum absolute atomic E-state index is 7.04. The number of benzene rings is 10. The minimum atomic E-state index is 0.537. The van der Waals surface area contributed by atoms with E-state index in [1.807, 2.05) is 24.3 Å². The first-order valence-corrected chi connectivity index (χ1v) is 21.5. The van der Waals surface area contributed by atoms with Crippen molar-refractivity contribution in [3.8, 4) is 67.5 Å². The zero-order chi connectivity index (χ0) is 42.1. The fourth-order valence-corrected chi connectivity index (χ4v) is 9.44. The maximum atomic E-state index is 7.04. The van der Waals surface area contributed by atoms with Crippen LogP contribution in [0.25, 0.3) is 133 Å². The number of fused-ring (bicyclic) bond motifs is 8. The number of nitrogens with zero attached hydrogens (tertiary/aromatic N) is 3. The summed E-state index contributed by atoms with van der Waals surface area (Å²) in [6.45, 7) is 0. The molecule has 0 aliphatic rings. The molecule has 3 heterocycles. The highest BCUT2D eigenvalue weighted by atomic mass is 16.3. The molecular formula is C59H35N3O2. The van der Waals surface area contributed by atoms with Gasteiger partial charge in [-0.15, -0.1) is 0 Å². The summed E-state index contributed by atoms with van der Waals surface area (Å²) in [5.74, 6) is 1.71. The Kier molecular flexibility index (Phi) is 8.15. The summed E-state index contributed by atoms with van der Waals surface area (Å²) in [5.41, 5.74) is 12.5. The second kappa shape index (κ2) is 14.5. The van der Waals surface area contributed by atoms with Crippen molar-refractivity contribution in [1.82, 2.24) is 15.0 Å². The second-order valence-electron chi connectivity index (χ2n) is 16.3. The molecule has 10 aromatic carbocycles. The van der Waals surface area contributed by atoms with E-state index < -0.39 is 0 Å². The van der Waals surface area contributed by atoms with E-state index in [2.05, 4.69) is 188 Å². The van der Waals surface area contributed by atoms with Crippen LogP contribution in [0.15, 0.2) is 221 Å². The summed E-state index contributed by atoms with van der Waals surface area (Å²) < 4.78 is 13.3. The van der Waals surface area contributed by atoms with Gasteiger partial charge >= 0.3 is 0 Å². The number of hydrogen-bond acceptors (Lipinski definition) is 5. The molecule has 5 nitrogen and oxygen atoms in total. The van der Waals surface area contributed by atoms with Crippen LogP contribution in [-0.2, 0) is 0 Å². The lowest BCUT2D eigenvalue weighted by Crippen LogP contribution is -2.01. The van der Waals surface area contributed by atoms with Crippen LogP contribution in [0, 0.1) is 0 Å². The van der Waals surface area contributed by atoms with E-state index in [9.17, 15) is 0 Å². The number of aromatic nitrogens is 3. The first kappa shape index (κ1) is 36.0. The number of furan rings is 2. The molecule has 0 spiro atoms. The highest BCUT2D eigenvalue weighted by molar-refractivity contribution is 6.14. The minimum absolute atomic E-state index is 0.537. The molecule has 0 fully saturated rings. The van der Waals surface area contributed by atoms with Gasteiger partial charge in [-0.25, -0.2) is 15.0 Å². The maximum Gasteiger partial charge on any atom is 0.167 e. The van der Waals surface area contributed by atoms with Gasteiger partial charge in [0.05, 0.1) is 5.56 Å². The molecule has 0 radical (unpaired) electrons. The van der Waals surface area contributed by atoms with Gasteiger partial charge in [0.1, 0.15) is 22.3 Å². The number of rotatable bonds is 6. The molecule has 0 amide bonds. The topological polar surface area (TPSA) is 65.0 Å². The van der Waals surface area contributed by atoms with E-state index in [0.29, 0.717) is 17.5 Å². The van der Waals surface area contributed by atoms with Crippen molar-refractivity contribution in [3.05, 3.63) is 212 Å². The quantitative estimate of drug-likeness (QED) is 0.167. The Bertz CT molecular complexity index is 3960. The molecule has 0 unspecified atom stereocenters. The number of hydrogen-bond donors (Lipinski definition) is 0. The Morgan fingerprint density at radius 2 is 0.844 bits per heavy atom. The molecule has 0 atom stereocenters. The first-order chi connectivity index (χ1) is 31.7. The highest BCUT2D eigenvalue weighted by Gasteiger charge is 2.21. The standard InChI is InChI=1S/C59H35N3O2/c1-3-14-36(15-4-1)44-31-30-41(33-51(44)38-16-5-2-6-17-38)57-60-58(49-25-11-19-37-18-7-8-20-43(37)49)62-59(61-57)50-26-13-24-48-47-23-12-22-45(55(47)64-56(48)50)40-29-28-39-35-54-52(34-42(39)32-40)46-21-9-10-27-53(46)63-54/h1-35H. The molecule has 3 aromatic heterocycles. The Balaban J connectivity index is 1.00. The Morgan fingerprint density at radius 1 is 0.250 bits per heavy atom. The molecule has 0 saturated carbocycles. The molecule has 64 heavy (non-hydrogen) atoms. The molecule has 13 aromatic rings. The Labute approximate surface area is 367 Å². The normalized spacial score (nSPS) is 11.8. The summed E-state index contributed by atoms with van der Waals surface area (Å²) in [4.78, 5) is 15.8. The van der Waals surface area contributed by atoms with E-state index in [-0.39, 0.29) is 0 Å². The van der Waals surface area contributed by atoms with Crippen molar-refractivity contribution in [3.63, 3.8) is 0 Å². The largest absolute Gasteiger partial charge is 0.456 e. The second-order valence-corrected chi connectivity index (χ2v) is 16.3. The van der Waals surface area contributed by atoms with Crippen molar-refractivity contribution in [2.45, 2.75) is 0 Å². The fraction of sp³-hybridized carbons (Fsp3) is 0. The van der Waals surface area contributed by atoms with Crippen LogP contribution in [-0.4, -0.2) is 15.0 Å². The molecule has 0 saturated heterocycles. The monoisotopic (exact) mass is 817 g/mol. The average molecular weight is 818 g/mol. The van der Waals surface area contributed by atoms with Gasteiger partial charge in [0.25, 0.3) is 0 Å². The molecule has 298 valence electrons. The van der Waals surface area contributed by atoms with Gasteiger partial charge in [0, 0.05) is 38.2 Å². The van der Waals surface area contributed by atoms with Crippen LogP contribution < -0.4 is 0 Å². The zero-order valence-electron chi connectivity index (χ0n) is 34.4. The van der Waals surface area contributed by atoms with Gasteiger partial charge < -0.3 is 8.83 Å². The van der Waals surface area contributed by atoms with Crippen molar-refractivity contribution in [1.29, 1.82) is 0 Å². The smallest absolute Gasteiger partial charge is 0.167 e. The fourth-order valence-electron chi connectivity index (χ4n) is 9.44. The number of para-hydroxylation sites is 3. The van der Waals surface area contributed by atoms with Gasteiger partial charge in [0.2, 0.25) is 0 Å². The molecule has 5 heteroatoms. The van der Waals surface area contributed by atoms with Crippen molar-refractivity contribution in [2.24, 2.45) is 0 Å². The third-order valence-corrected chi connectivity index (χ3v) is 12.5. The third kappa shape index (κ3) is 5.90. The molecule has 0 aliphatic carbocycles. The van der Waals surface area contributed by atoms with E-state index in [4.69, 9.17) is 23.8 Å². The van der Waals surface area contributed by atoms with Crippen molar-refractivity contribution in [2.75, 3.05) is 0 Å². The predicted octanol–water partition coefficient (Wildman–Crippen LogP) is 16.0.